The largest absolute Gasteiger partial charge is 0.490 e. The van der Waals surface area contributed by atoms with E-state index in [0.717, 1.165) is 5.56 Å². The van der Waals surface area contributed by atoms with Crippen LogP contribution in [0.5, 0.6) is 11.5 Å². The summed E-state index contributed by atoms with van der Waals surface area (Å²) in [5, 5.41) is 5.43. The number of halogens is 1. The fourth-order valence-electron chi connectivity index (χ4n) is 3.68. The molecule has 8 nitrogen and oxygen atoms in total. The van der Waals surface area contributed by atoms with Crippen molar-refractivity contribution >= 4 is 64.1 Å². The first-order valence-corrected chi connectivity index (χ1v) is 12.5. The van der Waals surface area contributed by atoms with E-state index in [2.05, 4.69) is 10.6 Å². The van der Waals surface area contributed by atoms with Gasteiger partial charge in [0.1, 0.15) is 5.57 Å². The zero-order chi connectivity index (χ0) is 27.2. The minimum Gasteiger partial charge on any atom is -0.490 e. The predicted octanol–water partition coefficient (Wildman–Crippen LogP) is 4.90. The molecule has 0 spiro atoms. The predicted molar refractivity (Wildman–Crippen MR) is 151 cm³/mol. The van der Waals surface area contributed by atoms with Gasteiger partial charge in [0.2, 0.25) is 0 Å². The van der Waals surface area contributed by atoms with Crippen LogP contribution in [0.2, 0.25) is 5.02 Å². The number of amides is 3. The number of benzene rings is 3. The minimum absolute atomic E-state index is 0.0101. The van der Waals surface area contributed by atoms with Gasteiger partial charge in [-0.2, -0.15) is 0 Å². The van der Waals surface area contributed by atoms with Gasteiger partial charge in [0.05, 0.1) is 17.3 Å². The van der Waals surface area contributed by atoms with Crippen LogP contribution in [0.25, 0.3) is 6.08 Å². The molecule has 10 heteroatoms. The zero-order valence-corrected chi connectivity index (χ0v) is 22.2. The Hall–Kier alpha value is -4.21. The van der Waals surface area contributed by atoms with E-state index in [1.165, 1.54) is 17.0 Å². The van der Waals surface area contributed by atoms with Gasteiger partial charge >= 0.3 is 0 Å². The smallest absolute Gasteiger partial charge is 0.270 e. The van der Waals surface area contributed by atoms with E-state index in [1.54, 1.807) is 49.4 Å². The molecule has 3 aromatic carbocycles. The number of carbonyl (C=O) groups is 3. The molecule has 0 unspecified atom stereocenters. The SMILES string of the molecule is CCOc1cc(/C=C2/C(=O)NC(=S)N(c3ccccc3)C2=O)cc(Cl)c1OCC(=O)Nc1ccc(C)cc1. The molecule has 4 rings (SSSR count). The normalized spacial score (nSPS) is 14.3. The van der Waals surface area contributed by atoms with Crippen molar-refractivity contribution in [2.75, 3.05) is 23.4 Å². The van der Waals surface area contributed by atoms with Crippen LogP contribution in [0.1, 0.15) is 18.1 Å². The van der Waals surface area contributed by atoms with Gasteiger partial charge in [-0.15, -0.1) is 0 Å². The third-order valence-corrected chi connectivity index (χ3v) is 6.01. The summed E-state index contributed by atoms with van der Waals surface area (Å²) in [7, 11) is 0. The van der Waals surface area contributed by atoms with Crippen LogP contribution in [-0.2, 0) is 14.4 Å². The fraction of sp³-hybridized carbons (Fsp3) is 0.143. The molecule has 1 heterocycles. The second kappa shape index (κ2) is 11.9. The number of para-hydroxylation sites is 1. The van der Waals surface area contributed by atoms with E-state index in [9.17, 15) is 14.4 Å². The summed E-state index contributed by atoms with van der Waals surface area (Å²) < 4.78 is 11.4. The quantitative estimate of drug-likeness (QED) is 0.236. The Bertz CT molecular complexity index is 1420. The maximum Gasteiger partial charge on any atom is 0.270 e. The molecule has 3 aromatic rings. The number of nitrogens with zero attached hydrogens (tertiary/aromatic N) is 1. The van der Waals surface area contributed by atoms with Gasteiger partial charge in [0.15, 0.2) is 23.2 Å². The topological polar surface area (TPSA) is 97.0 Å². The molecule has 194 valence electrons. The molecule has 0 saturated carbocycles. The molecular formula is C28H24ClN3O5S. The summed E-state index contributed by atoms with van der Waals surface area (Å²) in [5.41, 5.74) is 2.53. The second-order valence-corrected chi connectivity index (χ2v) is 9.05. The van der Waals surface area contributed by atoms with Gasteiger partial charge in [-0.25, -0.2) is 0 Å². The standard InChI is InChI=1S/C28H24ClN3O5S/c1-3-36-23-15-18(13-21-26(34)31-28(38)32(27(21)35)20-7-5-4-6-8-20)14-22(29)25(23)37-16-24(33)30-19-11-9-17(2)10-12-19/h4-15H,3,16H2,1-2H3,(H,30,33)(H,31,34,38)/b21-13-. The van der Waals surface area contributed by atoms with Crippen molar-refractivity contribution in [1.82, 2.24) is 5.32 Å². The van der Waals surface area contributed by atoms with Crippen molar-refractivity contribution in [3.63, 3.8) is 0 Å². The first-order valence-electron chi connectivity index (χ1n) is 11.7. The highest BCUT2D eigenvalue weighted by Crippen LogP contribution is 2.37. The Balaban J connectivity index is 1.57. The molecule has 0 radical (unpaired) electrons. The Morgan fingerprint density at radius 3 is 2.47 bits per heavy atom. The Labute approximate surface area is 230 Å². The van der Waals surface area contributed by atoms with Crippen LogP contribution in [0.15, 0.2) is 72.3 Å². The molecular weight excluding hydrogens is 526 g/mol. The van der Waals surface area contributed by atoms with Crippen LogP contribution in [0.4, 0.5) is 11.4 Å². The summed E-state index contributed by atoms with van der Waals surface area (Å²) in [6.45, 7) is 3.72. The lowest BCUT2D eigenvalue weighted by molar-refractivity contribution is -0.122. The number of thiocarbonyl (C=S) groups is 1. The lowest BCUT2D eigenvalue weighted by atomic mass is 10.1. The number of hydrogen-bond donors (Lipinski definition) is 2. The average Bonchev–Trinajstić information content (AvgIpc) is 2.88. The van der Waals surface area contributed by atoms with Gasteiger partial charge < -0.3 is 14.8 Å². The number of hydrogen-bond acceptors (Lipinski definition) is 6. The summed E-state index contributed by atoms with van der Waals surface area (Å²) >= 11 is 11.7. The van der Waals surface area contributed by atoms with E-state index in [1.807, 2.05) is 25.1 Å². The van der Waals surface area contributed by atoms with Crippen LogP contribution < -0.4 is 25.0 Å². The number of anilines is 2. The molecule has 0 aliphatic carbocycles. The van der Waals surface area contributed by atoms with Crippen molar-refractivity contribution < 1.29 is 23.9 Å². The Morgan fingerprint density at radius 2 is 1.79 bits per heavy atom. The van der Waals surface area contributed by atoms with Crippen LogP contribution in [0, 0.1) is 6.92 Å². The third kappa shape index (κ3) is 6.19. The lowest BCUT2D eigenvalue weighted by Gasteiger charge is -2.28. The molecule has 1 aliphatic rings. The van der Waals surface area contributed by atoms with Crippen molar-refractivity contribution in [3.8, 4) is 11.5 Å². The Morgan fingerprint density at radius 1 is 1.08 bits per heavy atom. The van der Waals surface area contributed by atoms with E-state index in [0.29, 0.717) is 16.9 Å². The maximum absolute atomic E-state index is 13.2. The number of nitrogens with one attached hydrogen (secondary N) is 2. The summed E-state index contributed by atoms with van der Waals surface area (Å²) in [6, 6.07) is 19.2. The molecule has 38 heavy (non-hydrogen) atoms. The van der Waals surface area contributed by atoms with Crippen LogP contribution >= 0.6 is 23.8 Å². The first-order chi connectivity index (χ1) is 18.3. The summed E-state index contributed by atoms with van der Waals surface area (Å²) in [6.07, 6.45) is 1.40. The van der Waals surface area contributed by atoms with E-state index in [4.69, 9.17) is 33.3 Å². The van der Waals surface area contributed by atoms with Gasteiger partial charge in [-0.3, -0.25) is 24.6 Å². The molecule has 1 aliphatic heterocycles. The fourth-order valence-corrected chi connectivity index (χ4v) is 4.24. The van der Waals surface area contributed by atoms with Crippen LogP contribution in [-0.4, -0.2) is 36.0 Å². The molecule has 2 N–H and O–H groups in total. The summed E-state index contributed by atoms with van der Waals surface area (Å²) in [5.74, 6) is -1.16. The van der Waals surface area contributed by atoms with E-state index >= 15 is 0 Å². The van der Waals surface area contributed by atoms with Crippen LogP contribution in [0.3, 0.4) is 0 Å². The van der Waals surface area contributed by atoms with Gasteiger partial charge in [-0.1, -0.05) is 47.5 Å². The van der Waals surface area contributed by atoms with Crippen molar-refractivity contribution in [1.29, 1.82) is 0 Å². The lowest BCUT2D eigenvalue weighted by Crippen LogP contribution is -2.54. The molecule has 3 amide bonds. The highest BCUT2D eigenvalue weighted by molar-refractivity contribution is 7.80. The van der Waals surface area contributed by atoms with Gasteiger partial charge in [0.25, 0.3) is 17.7 Å². The highest BCUT2D eigenvalue weighted by atomic mass is 35.5. The number of ether oxygens (including phenoxy) is 2. The second-order valence-electron chi connectivity index (χ2n) is 8.26. The molecule has 0 bridgehead atoms. The third-order valence-electron chi connectivity index (χ3n) is 5.44. The van der Waals surface area contributed by atoms with Crippen molar-refractivity contribution in [3.05, 3.63) is 88.5 Å². The Kier molecular flexibility index (Phi) is 8.40. The van der Waals surface area contributed by atoms with Gasteiger partial charge in [-0.05, 0) is 74.1 Å². The first kappa shape index (κ1) is 26.8. The maximum atomic E-state index is 13.2. The van der Waals surface area contributed by atoms with Crippen molar-refractivity contribution in [2.45, 2.75) is 13.8 Å². The number of aryl methyl sites for hydroxylation is 1. The van der Waals surface area contributed by atoms with Crippen molar-refractivity contribution in [2.24, 2.45) is 0 Å². The number of carbonyl (C=O) groups excluding carboxylic acids is 3. The van der Waals surface area contributed by atoms with E-state index in [-0.39, 0.29) is 46.3 Å². The molecule has 1 saturated heterocycles. The van der Waals surface area contributed by atoms with E-state index < -0.39 is 11.8 Å². The minimum atomic E-state index is -0.630. The highest BCUT2D eigenvalue weighted by Gasteiger charge is 2.34. The molecule has 1 fully saturated rings. The van der Waals surface area contributed by atoms with Gasteiger partial charge in [0, 0.05) is 5.69 Å². The zero-order valence-electron chi connectivity index (χ0n) is 20.6. The average molecular weight is 550 g/mol. The monoisotopic (exact) mass is 549 g/mol. The summed E-state index contributed by atoms with van der Waals surface area (Å²) in [4.78, 5) is 39.5. The molecule has 0 atom stereocenters. The molecule has 0 aromatic heterocycles. The number of rotatable bonds is 8.